The molecule has 4 N–H and O–H groups in total. The Morgan fingerprint density at radius 2 is 1.87 bits per heavy atom. The van der Waals surface area contributed by atoms with Crippen molar-refractivity contribution in [3.05, 3.63) is 23.8 Å². The fourth-order valence-electron chi connectivity index (χ4n) is 1.84. The van der Waals surface area contributed by atoms with Gasteiger partial charge in [-0.15, -0.1) is 24.8 Å². The number of methoxy groups -OCH3 is 1. The molecular weight excluding hydrogens is 341 g/mol. The number of nitrogens with two attached hydrogens (primary N) is 1. The van der Waals surface area contributed by atoms with Crippen molar-refractivity contribution in [2.24, 2.45) is 5.73 Å². The lowest BCUT2D eigenvalue weighted by Crippen LogP contribution is -2.21. The van der Waals surface area contributed by atoms with Crippen LogP contribution in [0.4, 0.5) is 0 Å². The van der Waals surface area contributed by atoms with Gasteiger partial charge in [0.05, 0.1) is 7.11 Å². The Balaban J connectivity index is 0. The SMILES string of the molecule is CCNCCCNCc1ccc(OCC(N)=O)c(OC)c1.Cl.Cl. The first-order chi connectivity index (χ1) is 10.2. The van der Waals surface area contributed by atoms with Crippen LogP contribution in [0.5, 0.6) is 11.5 Å². The fraction of sp³-hybridized carbons (Fsp3) is 0.533. The molecule has 0 aliphatic heterocycles. The highest BCUT2D eigenvalue weighted by Gasteiger charge is 2.07. The van der Waals surface area contributed by atoms with E-state index in [1.54, 1.807) is 13.2 Å². The molecule has 0 aliphatic carbocycles. The molecule has 0 spiro atoms. The van der Waals surface area contributed by atoms with Crippen LogP contribution in [-0.2, 0) is 11.3 Å². The van der Waals surface area contributed by atoms with Gasteiger partial charge in [-0.2, -0.15) is 0 Å². The Morgan fingerprint density at radius 3 is 2.48 bits per heavy atom. The molecule has 6 nitrogen and oxygen atoms in total. The summed E-state index contributed by atoms with van der Waals surface area (Å²) < 4.78 is 10.5. The van der Waals surface area contributed by atoms with Gasteiger partial charge in [-0.1, -0.05) is 13.0 Å². The molecule has 0 aromatic heterocycles. The molecule has 0 heterocycles. The van der Waals surface area contributed by atoms with Crippen LogP contribution in [0.3, 0.4) is 0 Å². The van der Waals surface area contributed by atoms with Crippen molar-refractivity contribution in [3.8, 4) is 11.5 Å². The number of ether oxygens (including phenoxy) is 2. The second-order valence-corrected chi connectivity index (χ2v) is 4.62. The Labute approximate surface area is 150 Å². The van der Waals surface area contributed by atoms with Crippen molar-refractivity contribution in [3.63, 3.8) is 0 Å². The van der Waals surface area contributed by atoms with E-state index in [-0.39, 0.29) is 31.4 Å². The normalized spacial score (nSPS) is 9.48. The first-order valence-corrected chi connectivity index (χ1v) is 7.16. The highest BCUT2D eigenvalue weighted by atomic mass is 35.5. The smallest absolute Gasteiger partial charge is 0.255 e. The van der Waals surface area contributed by atoms with E-state index in [4.69, 9.17) is 15.2 Å². The molecule has 0 unspecified atom stereocenters. The summed E-state index contributed by atoms with van der Waals surface area (Å²) in [6, 6.07) is 5.63. The van der Waals surface area contributed by atoms with Crippen molar-refractivity contribution in [2.75, 3.05) is 33.4 Å². The van der Waals surface area contributed by atoms with Gasteiger partial charge >= 0.3 is 0 Å². The average molecular weight is 368 g/mol. The zero-order valence-corrected chi connectivity index (χ0v) is 15.2. The molecule has 0 radical (unpaired) electrons. The summed E-state index contributed by atoms with van der Waals surface area (Å²) in [4.78, 5) is 10.7. The maximum atomic E-state index is 10.7. The second kappa shape index (κ2) is 14.4. The lowest BCUT2D eigenvalue weighted by Gasteiger charge is -2.11. The molecule has 0 atom stereocenters. The molecule has 0 bridgehead atoms. The molecule has 0 fully saturated rings. The predicted octanol–water partition coefficient (Wildman–Crippen LogP) is 1.49. The number of benzene rings is 1. The third-order valence-electron chi connectivity index (χ3n) is 2.88. The van der Waals surface area contributed by atoms with Crippen LogP contribution in [0.15, 0.2) is 18.2 Å². The Hall–Kier alpha value is -1.21. The van der Waals surface area contributed by atoms with Gasteiger partial charge in [0.15, 0.2) is 18.1 Å². The first-order valence-electron chi connectivity index (χ1n) is 7.16. The number of hydrogen-bond acceptors (Lipinski definition) is 5. The van der Waals surface area contributed by atoms with E-state index in [2.05, 4.69) is 17.6 Å². The Morgan fingerprint density at radius 1 is 1.17 bits per heavy atom. The lowest BCUT2D eigenvalue weighted by atomic mass is 10.2. The quantitative estimate of drug-likeness (QED) is 0.516. The number of nitrogens with one attached hydrogen (secondary N) is 2. The van der Waals surface area contributed by atoms with Crippen LogP contribution in [0, 0.1) is 0 Å². The van der Waals surface area contributed by atoms with Crippen LogP contribution in [0.25, 0.3) is 0 Å². The van der Waals surface area contributed by atoms with Gasteiger partial charge in [0.1, 0.15) is 0 Å². The number of halogens is 2. The van der Waals surface area contributed by atoms with E-state index < -0.39 is 5.91 Å². The third kappa shape index (κ3) is 10.2. The van der Waals surface area contributed by atoms with E-state index in [1.165, 1.54) is 0 Å². The molecule has 0 saturated heterocycles. The molecule has 23 heavy (non-hydrogen) atoms. The highest BCUT2D eigenvalue weighted by molar-refractivity contribution is 5.85. The van der Waals surface area contributed by atoms with Crippen LogP contribution < -0.4 is 25.8 Å². The van der Waals surface area contributed by atoms with Gasteiger partial charge in [0.2, 0.25) is 0 Å². The van der Waals surface area contributed by atoms with Crippen LogP contribution in [0.2, 0.25) is 0 Å². The Kier molecular flexibility index (Phi) is 15.0. The summed E-state index contributed by atoms with van der Waals surface area (Å²) in [5.41, 5.74) is 6.16. The van der Waals surface area contributed by atoms with Crippen molar-refractivity contribution in [1.82, 2.24) is 10.6 Å². The van der Waals surface area contributed by atoms with Crippen LogP contribution in [0.1, 0.15) is 18.9 Å². The minimum atomic E-state index is -0.511. The second-order valence-electron chi connectivity index (χ2n) is 4.62. The number of carbonyl (C=O) groups excluding carboxylic acids is 1. The monoisotopic (exact) mass is 367 g/mol. The molecule has 1 amide bonds. The van der Waals surface area contributed by atoms with Crippen molar-refractivity contribution >= 4 is 30.7 Å². The minimum absolute atomic E-state index is 0. The summed E-state index contributed by atoms with van der Waals surface area (Å²) in [6.07, 6.45) is 1.09. The van der Waals surface area contributed by atoms with Gasteiger partial charge in [-0.25, -0.2) is 0 Å². The third-order valence-corrected chi connectivity index (χ3v) is 2.88. The zero-order chi connectivity index (χ0) is 15.5. The van der Waals surface area contributed by atoms with Crippen LogP contribution >= 0.6 is 24.8 Å². The van der Waals surface area contributed by atoms with Crippen molar-refractivity contribution in [2.45, 2.75) is 19.9 Å². The summed E-state index contributed by atoms with van der Waals surface area (Å²) in [7, 11) is 1.57. The van der Waals surface area contributed by atoms with Crippen molar-refractivity contribution in [1.29, 1.82) is 0 Å². The van der Waals surface area contributed by atoms with Gasteiger partial charge in [0.25, 0.3) is 5.91 Å². The largest absolute Gasteiger partial charge is 0.493 e. The topological polar surface area (TPSA) is 85.6 Å². The molecule has 1 aromatic rings. The molecule has 1 aromatic carbocycles. The van der Waals surface area contributed by atoms with Gasteiger partial charge in [-0.05, 0) is 43.8 Å². The standard InChI is InChI=1S/C15H25N3O3.2ClH/c1-3-17-7-4-8-18-10-12-5-6-13(14(9-12)20-2)21-11-15(16)19;;/h5-6,9,17-18H,3-4,7-8,10-11H2,1-2H3,(H2,16,19);2*1H. The van der Waals surface area contributed by atoms with E-state index >= 15 is 0 Å². The number of hydrogen-bond donors (Lipinski definition) is 3. The van der Waals surface area contributed by atoms with Crippen LogP contribution in [-0.4, -0.2) is 39.3 Å². The number of primary amides is 1. The Bertz CT molecular complexity index is 448. The summed E-state index contributed by atoms with van der Waals surface area (Å²) >= 11 is 0. The fourth-order valence-corrected chi connectivity index (χ4v) is 1.84. The van der Waals surface area contributed by atoms with Crippen molar-refractivity contribution < 1.29 is 14.3 Å². The molecule has 8 heteroatoms. The molecule has 134 valence electrons. The zero-order valence-electron chi connectivity index (χ0n) is 13.6. The predicted molar refractivity (Wildman–Crippen MR) is 97.0 cm³/mol. The highest BCUT2D eigenvalue weighted by Crippen LogP contribution is 2.27. The first kappa shape index (κ1) is 24.0. The minimum Gasteiger partial charge on any atom is -0.493 e. The lowest BCUT2D eigenvalue weighted by molar-refractivity contribution is -0.119. The number of carbonyl (C=O) groups is 1. The van der Waals surface area contributed by atoms with Gasteiger partial charge in [0, 0.05) is 6.54 Å². The maximum absolute atomic E-state index is 10.7. The molecule has 0 saturated carbocycles. The van der Waals surface area contributed by atoms with E-state index in [1.807, 2.05) is 12.1 Å². The number of rotatable bonds is 11. The summed E-state index contributed by atoms with van der Waals surface area (Å²) in [5.74, 6) is 0.610. The average Bonchev–Trinajstić information content (AvgIpc) is 2.49. The summed E-state index contributed by atoms with van der Waals surface area (Å²) in [6.45, 7) is 5.68. The van der Waals surface area contributed by atoms with E-state index in [0.29, 0.717) is 11.5 Å². The summed E-state index contributed by atoms with van der Waals surface area (Å²) in [5, 5.41) is 6.65. The molecule has 0 aliphatic rings. The van der Waals surface area contributed by atoms with E-state index in [0.717, 1.165) is 38.2 Å². The maximum Gasteiger partial charge on any atom is 0.255 e. The molecular formula is C15H27Cl2N3O3. The van der Waals surface area contributed by atoms with E-state index in [9.17, 15) is 4.79 Å². The molecule has 1 rings (SSSR count). The van der Waals surface area contributed by atoms with Gasteiger partial charge < -0.3 is 25.8 Å². The van der Waals surface area contributed by atoms with Gasteiger partial charge in [-0.3, -0.25) is 4.79 Å². The number of amides is 1.